The van der Waals surface area contributed by atoms with Gasteiger partial charge in [-0.15, -0.1) is 12.4 Å². The van der Waals surface area contributed by atoms with E-state index in [-0.39, 0.29) is 23.4 Å². The van der Waals surface area contributed by atoms with Gasteiger partial charge in [0.25, 0.3) is 5.91 Å². The molecule has 1 amide bonds. The summed E-state index contributed by atoms with van der Waals surface area (Å²) < 4.78 is 13.6. The topological polar surface area (TPSA) is 41.1 Å². The van der Waals surface area contributed by atoms with Gasteiger partial charge in [-0.05, 0) is 49.5 Å². The summed E-state index contributed by atoms with van der Waals surface area (Å²) in [5, 5.41) is 6.46. The van der Waals surface area contributed by atoms with Crippen LogP contribution < -0.4 is 10.6 Å². The molecule has 1 saturated heterocycles. The maximum atomic E-state index is 13.6. The molecule has 2 N–H and O–H groups in total. The van der Waals surface area contributed by atoms with Crippen molar-refractivity contribution in [2.24, 2.45) is 5.41 Å². The van der Waals surface area contributed by atoms with E-state index < -0.39 is 11.7 Å². The van der Waals surface area contributed by atoms with Crippen LogP contribution in [0.15, 0.2) is 18.2 Å². The Labute approximate surface area is 129 Å². The Bertz CT molecular complexity index is 476. The summed E-state index contributed by atoms with van der Waals surface area (Å²) in [7, 11) is 0. The standard InChI is InChI=1S/C14H18ClFN2O.ClH/c1-14(4-6-17-7-5-14)9-18-13(19)11-8-10(15)2-3-12(11)16;/h2-3,8,17H,4-7,9H2,1H3,(H,18,19);1H. The van der Waals surface area contributed by atoms with Crippen LogP contribution in [0.25, 0.3) is 0 Å². The summed E-state index contributed by atoms with van der Waals surface area (Å²) in [6.07, 6.45) is 2.01. The third-order valence-corrected chi connectivity index (χ3v) is 3.89. The van der Waals surface area contributed by atoms with Gasteiger partial charge in [0.1, 0.15) is 5.82 Å². The maximum absolute atomic E-state index is 13.6. The average molecular weight is 321 g/mol. The lowest BCUT2D eigenvalue weighted by atomic mass is 9.81. The van der Waals surface area contributed by atoms with Gasteiger partial charge in [-0.3, -0.25) is 4.79 Å². The molecule has 0 atom stereocenters. The fraction of sp³-hybridized carbons (Fsp3) is 0.500. The van der Waals surface area contributed by atoms with Crippen LogP contribution in [0.4, 0.5) is 4.39 Å². The Kier molecular flexibility index (Phi) is 6.24. The molecule has 112 valence electrons. The highest BCUT2D eigenvalue weighted by Gasteiger charge is 2.27. The third kappa shape index (κ3) is 4.33. The molecule has 0 radical (unpaired) electrons. The highest BCUT2D eigenvalue weighted by Crippen LogP contribution is 2.26. The van der Waals surface area contributed by atoms with Crippen molar-refractivity contribution in [2.45, 2.75) is 19.8 Å². The summed E-state index contributed by atoms with van der Waals surface area (Å²) in [4.78, 5) is 12.0. The van der Waals surface area contributed by atoms with E-state index in [1.807, 2.05) is 0 Å². The zero-order chi connectivity index (χ0) is 13.9. The number of rotatable bonds is 3. The minimum absolute atomic E-state index is 0. The number of nitrogens with one attached hydrogen (secondary N) is 2. The molecule has 0 unspecified atom stereocenters. The van der Waals surface area contributed by atoms with Crippen molar-refractivity contribution in [3.63, 3.8) is 0 Å². The zero-order valence-electron chi connectivity index (χ0n) is 11.3. The molecule has 1 aromatic carbocycles. The van der Waals surface area contributed by atoms with Crippen molar-refractivity contribution >= 4 is 29.9 Å². The molecule has 1 aliphatic rings. The Balaban J connectivity index is 0.00000200. The van der Waals surface area contributed by atoms with Gasteiger partial charge in [-0.1, -0.05) is 18.5 Å². The first kappa shape index (κ1) is 17.2. The largest absolute Gasteiger partial charge is 0.351 e. The lowest BCUT2D eigenvalue weighted by Crippen LogP contribution is -2.43. The van der Waals surface area contributed by atoms with Gasteiger partial charge in [-0.2, -0.15) is 0 Å². The van der Waals surface area contributed by atoms with Crippen molar-refractivity contribution in [3.8, 4) is 0 Å². The molecule has 1 heterocycles. The molecular formula is C14H19Cl2FN2O. The predicted octanol–water partition coefficient (Wildman–Crippen LogP) is 3.02. The molecule has 0 aromatic heterocycles. The van der Waals surface area contributed by atoms with Crippen LogP contribution in [0.3, 0.4) is 0 Å². The van der Waals surface area contributed by atoms with Gasteiger partial charge < -0.3 is 10.6 Å². The van der Waals surface area contributed by atoms with Crippen molar-refractivity contribution < 1.29 is 9.18 Å². The highest BCUT2D eigenvalue weighted by atomic mass is 35.5. The average Bonchev–Trinajstić information content (AvgIpc) is 2.40. The molecule has 20 heavy (non-hydrogen) atoms. The number of carbonyl (C=O) groups is 1. The second-order valence-corrected chi connectivity index (χ2v) is 5.80. The minimum Gasteiger partial charge on any atom is -0.351 e. The summed E-state index contributed by atoms with van der Waals surface area (Å²) in [6.45, 7) is 4.61. The second kappa shape index (κ2) is 7.25. The molecule has 3 nitrogen and oxygen atoms in total. The van der Waals surface area contributed by atoms with Crippen LogP contribution in [0.5, 0.6) is 0 Å². The molecule has 0 spiro atoms. The van der Waals surface area contributed by atoms with E-state index in [0.29, 0.717) is 11.6 Å². The Morgan fingerprint density at radius 2 is 2.10 bits per heavy atom. The number of hydrogen-bond donors (Lipinski definition) is 2. The monoisotopic (exact) mass is 320 g/mol. The van der Waals surface area contributed by atoms with Gasteiger partial charge in [0, 0.05) is 11.6 Å². The number of amides is 1. The van der Waals surface area contributed by atoms with Gasteiger partial charge in [0.05, 0.1) is 5.56 Å². The van der Waals surface area contributed by atoms with Crippen molar-refractivity contribution in [1.82, 2.24) is 10.6 Å². The van der Waals surface area contributed by atoms with Crippen LogP contribution in [-0.4, -0.2) is 25.5 Å². The molecule has 0 bridgehead atoms. The SMILES string of the molecule is CC1(CNC(=O)c2cc(Cl)ccc2F)CCNCC1.Cl. The van der Waals surface area contributed by atoms with E-state index in [0.717, 1.165) is 25.9 Å². The molecule has 0 aliphatic carbocycles. The van der Waals surface area contributed by atoms with Gasteiger partial charge in [-0.25, -0.2) is 4.39 Å². The van der Waals surface area contributed by atoms with E-state index in [1.54, 1.807) is 0 Å². The molecular weight excluding hydrogens is 302 g/mol. The van der Waals surface area contributed by atoms with Crippen LogP contribution in [0.2, 0.25) is 5.02 Å². The van der Waals surface area contributed by atoms with Gasteiger partial charge in [0.2, 0.25) is 0 Å². The Hall–Kier alpha value is -0.840. The summed E-state index contributed by atoms with van der Waals surface area (Å²) in [5.74, 6) is -0.947. The Morgan fingerprint density at radius 3 is 2.75 bits per heavy atom. The smallest absolute Gasteiger partial charge is 0.254 e. The van der Waals surface area contributed by atoms with E-state index in [2.05, 4.69) is 17.6 Å². The fourth-order valence-electron chi connectivity index (χ4n) is 2.27. The van der Waals surface area contributed by atoms with Gasteiger partial charge >= 0.3 is 0 Å². The molecule has 2 rings (SSSR count). The third-order valence-electron chi connectivity index (χ3n) is 3.66. The number of halogens is 3. The summed E-state index contributed by atoms with van der Waals surface area (Å²) in [5.41, 5.74) is 0.0840. The number of benzene rings is 1. The first-order valence-corrected chi connectivity index (χ1v) is 6.82. The van der Waals surface area contributed by atoms with E-state index >= 15 is 0 Å². The lowest BCUT2D eigenvalue weighted by Gasteiger charge is -2.34. The molecule has 6 heteroatoms. The van der Waals surface area contributed by atoms with E-state index in [1.165, 1.54) is 18.2 Å². The molecule has 1 fully saturated rings. The van der Waals surface area contributed by atoms with Gasteiger partial charge in [0.15, 0.2) is 0 Å². The fourth-order valence-corrected chi connectivity index (χ4v) is 2.44. The molecule has 1 aliphatic heterocycles. The van der Waals surface area contributed by atoms with Crippen LogP contribution in [0.1, 0.15) is 30.1 Å². The number of carbonyl (C=O) groups excluding carboxylic acids is 1. The second-order valence-electron chi connectivity index (χ2n) is 5.37. The summed E-state index contributed by atoms with van der Waals surface area (Å²) >= 11 is 5.78. The lowest BCUT2D eigenvalue weighted by molar-refractivity contribution is 0.0918. The highest BCUT2D eigenvalue weighted by molar-refractivity contribution is 6.30. The normalized spacial score (nSPS) is 17.1. The van der Waals surface area contributed by atoms with Crippen molar-refractivity contribution in [1.29, 1.82) is 0 Å². The van der Waals surface area contributed by atoms with Crippen LogP contribution >= 0.6 is 24.0 Å². The van der Waals surface area contributed by atoms with Crippen molar-refractivity contribution in [3.05, 3.63) is 34.6 Å². The van der Waals surface area contributed by atoms with Crippen molar-refractivity contribution in [2.75, 3.05) is 19.6 Å². The summed E-state index contributed by atoms with van der Waals surface area (Å²) in [6, 6.07) is 4.00. The van der Waals surface area contributed by atoms with E-state index in [4.69, 9.17) is 11.6 Å². The minimum atomic E-state index is -0.544. The zero-order valence-corrected chi connectivity index (χ0v) is 12.9. The van der Waals surface area contributed by atoms with Crippen LogP contribution in [-0.2, 0) is 0 Å². The number of piperidine rings is 1. The Morgan fingerprint density at radius 1 is 1.45 bits per heavy atom. The first-order valence-electron chi connectivity index (χ1n) is 6.44. The predicted molar refractivity (Wildman–Crippen MR) is 81.2 cm³/mol. The van der Waals surface area contributed by atoms with E-state index in [9.17, 15) is 9.18 Å². The first-order chi connectivity index (χ1) is 9.00. The quantitative estimate of drug-likeness (QED) is 0.898. The maximum Gasteiger partial charge on any atom is 0.254 e. The van der Waals surface area contributed by atoms with Crippen LogP contribution in [0, 0.1) is 11.2 Å². The number of hydrogen-bond acceptors (Lipinski definition) is 2. The molecule has 0 saturated carbocycles. The molecule has 1 aromatic rings.